The smallest absolute Gasteiger partial charge is 0.0466 e. The van der Waals surface area contributed by atoms with Gasteiger partial charge in [-0.3, -0.25) is 0 Å². The van der Waals surface area contributed by atoms with Crippen molar-refractivity contribution in [2.24, 2.45) is 10.8 Å². The van der Waals surface area contributed by atoms with E-state index in [4.69, 9.17) is 20.7 Å². The van der Waals surface area contributed by atoms with Crippen LogP contribution in [0.5, 0.6) is 0 Å². The van der Waals surface area contributed by atoms with Gasteiger partial charge in [0.05, 0.1) is 0 Å². The minimum atomic E-state index is 0.617. The van der Waals surface area contributed by atoms with Gasteiger partial charge in [-0.05, 0) is 57.0 Å². The molecule has 0 aliphatic rings. The zero-order valence-electron chi connectivity index (χ0n) is 17.5. The molecule has 156 valence electrons. The van der Waals surface area contributed by atoms with Crippen molar-refractivity contribution in [3.8, 4) is 0 Å². The van der Waals surface area contributed by atoms with E-state index in [0.29, 0.717) is 6.54 Å². The highest BCUT2D eigenvalue weighted by Crippen LogP contribution is 1.99. The van der Waals surface area contributed by atoms with Gasteiger partial charge < -0.3 is 15.2 Å². The van der Waals surface area contributed by atoms with E-state index in [0.717, 1.165) is 58.7 Å². The highest BCUT2D eigenvalue weighted by atomic mass is 16.5. The van der Waals surface area contributed by atoms with Gasteiger partial charge in [-0.2, -0.15) is 0 Å². The van der Waals surface area contributed by atoms with Gasteiger partial charge in [0.15, 0.2) is 0 Å². The molecule has 0 unspecified atom stereocenters. The van der Waals surface area contributed by atoms with Crippen LogP contribution in [0.2, 0.25) is 0 Å². The Hall–Kier alpha value is -0.810. The molecule has 0 aliphatic carbocycles. The summed E-state index contributed by atoms with van der Waals surface area (Å²) in [5.41, 5.74) is 13.4. The van der Waals surface area contributed by atoms with Crippen molar-refractivity contribution in [1.29, 1.82) is 0 Å². The molecule has 6 nitrogen and oxygen atoms in total. The van der Waals surface area contributed by atoms with Gasteiger partial charge in [-0.15, -0.1) is 0 Å². The molecular formula is C20H44N4O2. The monoisotopic (exact) mass is 372 g/mol. The molecule has 0 radical (unpaired) electrons. The summed E-state index contributed by atoms with van der Waals surface area (Å²) in [7, 11) is 0. The summed E-state index contributed by atoms with van der Waals surface area (Å²) in [6, 6.07) is 0. The van der Waals surface area contributed by atoms with E-state index in [-0.39, 0.29) is 0 Å². The maximum Gasteiger partial charge on any atom is 0.0466 e. The highest BCUT2D eigenvalue weighted by molar-refractivity contribution is 4.48. The maximum absolute atomic E-state index is 8.02. The van der Waals surface area contributed by atoms with Gasteiger partial charge in [0.1, 0.15) is 0 Å². The number of hydrogen-bond donors (Lipinski definition) is 1. The fourth-order valence-electron chi connectivity index (χ4n) is 2.25. The number of unbranched alkanes of at least 4 members (excludes halogenated alkanes) is 8. The van der Waals surface area contributed by atoms with E-state index in [1.54, 1.807) is 0 Å². The molecule has 0 bridgehead atoms. The highest BCUT2D eigenvalue weighted by Gasteiger charge is 1.90. The lowest BCUT2D eigenvalue weighted by molar-refractivity contribution is 0.126. The molecular weight excluding hydrogens is 328 g/mol. The van der Waals surface area contributed by atoms with Crippen LogP contribution in [0.1, 0.15) is 90.9 Å². The second-order valence-corrected chi connectivity index (χ2v) is 6.50. The fraction of sp³-hybridized carbons (Fsp3) is 1.00. The molecule has 0 saturated carbocycles. The molecule has 0 aliphatic heterocycles. The lowest BCUT2D eigenvalue weighted by Crippen LogP contribution is -2.00. The maximum atomic E-state index is 8.02. The number of ether oxygens (including phenoxy) is 2. The predicted octanol–water partition coefficient (Wildman–Crippen LogP) is 6.00. The third-order valence-electron chi connectivity index (χ3n) is 3.89. The van der Waals surface area contributed by atoms with E-state index in [1.165, 1.54) is 51.4 Å². The number of nitrogens with zero attached hydrogens (tertiary/aromatic N) is 3. The molecule has 6 heteroatoms. The van der Waals surface area contributed by atoms with Crippen molar-refractivity contribution < 1.29 is 9.47 Å². The first kappa shape index (κ1) is 27.4. The average molecular weight is 373 g/mol. The Labute approximate surface area is 161 Å². The summed E-state index contributed by atoms with van der Waals surface area (Å²) in [5, 5.41) is 3.47. The molecule has 0 fully saturated rings. The third kappa shape index (κ3) is 31.0. The lowest BCUT2D eigenvalue weighted by atomic mass is 10.2. The standard InChI is InChI=1S/C10H21N3O.C10H23NO/c1-2-3-6-9-14-10-7-4-5-8-12-13-11;1-2-3-6-9-12-10-7-4-5-8-11/h2-10H2,1H3;2-11H2,1H3. The van der Waals surface area contributed by atoms with Crippen molar-refractivity contribution in [1.82, 2.24) is 0 Å². The van der Waals surface area contributed by atoms with Crippen molar-refractivity contribution in [3.63, 3.8) is 0 Å². The van der Waals surface area contributed by atoms with Gasteiger partial charge in [0.25, 0.3) is 0 Å². The van der Waals surface area contributed by atoms with Crippen LogP contribution < -0.4 is 5.73 Å². The van der Waals surface area contributed by atoms with E-state index < -0.39 is 0 Å². The quantitative estimate of drug-likeness (QED) is 0.130. The first-order valence-electron chi connectivity index (χ1n) is 10.7. The summed E-state index contributed by atoms with van der Waals surface area (Å²) >= 11 is 0. The minimum absolute atomic E-state index is 0.617. The Morgan fingerprint density at radius 1 is 0.692 bits per heavy atom. The molecule has 0 aromatic carbocycles. The molecule has 0 aromatic heterocycles. The average Bonchev–Trinajstić information content (AvgIpc) is 2.66. The molecule has 0 heterocycles. The number of nitrogens with two attached hydrogens (primary N) is 1. The number of hydrogen-bond acceptors (Lipinski definition) is 4. The fourth-order valence-corrected chi connectivity index (χ4v) is 2.25. The van der Waals surface area contributed by atoms with E-state index in [2.05, 4.69) is 23.9 Å². The SMILES string of the molecule is CCCCCOCCCCCN.CCCCCOCCCCCN=[N+]=[N-]. The normalized spacial score (nSPS) is 10.1. The third-order valence-corrected chi connectivity index (χ3v) is 3.89. The second kappa shape index (κ2) is 29.0. The van der Waals surface area contributed by atoms with Crippen LogP contribution >= 0.6 is 0 Å². The number of rotatable bonds is 19. The molecule has 0 aromatic rings. The molecule has 0 spiro atoms. The van der Waals surface area contributed by atoms with Crippen molar-refractivity contribution in [2.45, 2.75) is 90.9 Å². The summed E-state index contributed by atoms with van der Waals surface area (Å²) in [6.07, 6.45) is 14.1. The van der Waals surface area contributed by atoms with Gasteiger partial charge >= 0.3 is 0 Å². The lowest BCUT2D eigenvalue weighted by Gasteiger charge is -2.02. The van der Waals surface area contributed by atoms with Crippen molar-refractivity contribution >= 4 is 0 Å². The Kier molecular flexibility index (Phi) is 30.5. The van der Waals surface area contributed by atoms with Crippen LogP contribution in [0, 0.1) is 0 Å². The van der Waals surface area contributed by atoms with Crippen LogP contribution in [0.4, 0.5) is 0 Å². The Balaban J connectivity index is 0. The number of azide groups is 1. The Morgan fingerprint density at radius 2 is 1.15 bits per heavy atom. The minimum Gasteiger partial charge on any atom is -0.381 e. The van der Waals surface area contributed by atoms with Crippen molar-refractivity contribution in [2.75, 3.05) is 39.5 Å². The zero-order chi connectivity index (χ0) is 19.6. The Morgan fingerprint density at radius 3 is 1.58 bits per heavy atom. The van der Waals surface area contributed by atoms with Gasteiger partial charge in [0.2, 0.25) is 0 Å². The van der Waals surface area contributed by atoms with Crippen LogP contribution in [-0.2, 0) is 9.47 Å². The van der Waals surface area contributed by atoms with Crippen molar-refractivity contribution in [3.05, 3.63) is 10.4 Å². The predicted molar refractivity (Wildman–Crippen MR) is 111 cm³/mol. The van der Waals surface area contributed by atoms with E-state index in [9.17, 15) is 0 Å². The van der Waals surface area contributed by atoms with Gasteiger partial charge in [-0.25, -0.2) is 0 Å². The summed E-state index contributed by atoms with van der Waals surface area (Å²) in [4.78, 5) is 2.70. The van der Waals surface area contributed by atoms with Gasteiger partial charge in [-0.1, -0.05) is 51.1 Å². The Bertz CT molecular complexity index is 275. The zero-order valence-corrected chi connectivity index (χ0v) is 17.5. The molecule has 26 heavy (non-hydrogen) atoms. The van der Waals surface area contributed by atoms with E-state index >= 15 is 0 Å². The summed E-state index contributed by atoms with van der Waals surface area (Å²) in [6.45, 7) is 9.43. The largest absolute Gasteiger partial charge is 0.381 e. The molecule has 0 saturated heterocycles. The first-order chi connectivity index (χ1) is 12.8. The molecule has 2 N–H and O–H groups in total. The molecule has 0 rings (SSSR count). The summed E-state index contributed by atoms with van der Waals surface area (Å²) in [5.74, 6) is 0. The summed E-state index contributed by atoms with van der Waals surface area (Å²) < 4.78 is 10.9. The first-order valence-corrected chi connectivity index (χ1v) is 10.7. The second-order valence-electron chi connectivity index (χ2n) is 6.50. The molecule has 0 atom stereocenters. The van der Waals surface area contributed by atoms with Crippen LogP contribution in [0.3, 0.4) is 0 Å². The van der Waals surface area contributed by atoms with Crippen LogP contribution in [0.15, 0.2) is 5.11 Å². The van der Waals surface area contributed by atoms with E-state index in [1.807, 2.05) is 0 Å². The molecule has 0 amide bonds. The van der Waals surface area contributed by atoms with Crippen LogP contribution in [-0.4, -0.2) is 39.5 Å². The topological polar surface area (TPSA) is 93.2 Å². The van der Waals surface area contributed by atoms with Crippen LogP contribution in [0.25, 0.3) is 10.4 Å². The van der Waals surface area contributed by atoms with Gasteiger partial charge in [0, 0.05) is 37.9 Å².